The van der Waals surface area contributed by atoms with Gasteiger partial charge in [0.15, 0.2) is 0 Å². The van der Waals surface area contributed by atoms with Crippen molar-refractivity contribution >= 4 is 12.1 Å². The Morgan fingerprint density at radius 2 is 2.17 bits per heavy atom. The summed E-state index contributed by atoms with van der Waals surface area (Å²) in [7, 11) is 0. The fraction of sp³-hybridized carbons (Fsp3) is 0.200. The van der Waals surface area contributed by atoms with Crippen LogP contribution in [-0.2, 0) is 0 Å². The first-order valence-electron chi connectivity index (χ1n) is 3.81. The zero-order chi connectivity index (χ0) is 8.97. The molecule has 0 aromatic carbocycles. The lowest BCUT2D eigenvalue weighted by Crippen LogP contribution is -1.89. The Kier molecular flexibility index (Phi) is 2.75. The fourth-order valence-electron chi connectivity index (χ4n) is 0.944. The van der Waals surface area contributed by atoms with Crippen LogP contribution in [0.3, 0.4) is 0 Å². The van der Waals surface area contributed by atoms with E-state index in [0.29, 0.717) is 6.54 Å². The molecule has 0 spiro atoms. The number of rotatable bonds is 2. The van der Waals surface area contributed by atoms with Crippen LogP contribution >= 0.6 is 0 Å². The first kappa shape index (κ1) is 8.65. The van der Waals surface area contributed by atoms with Crippen molar-refractivity contribution in [3.8, 4) is 0 Å². The van der Waals surface area contributed by atoms with E-state index in [4.69, 9.17) is 0 Å². The standard InChI is InChI=1S/C10H12N2/c1-4-9-6-11-8(3)12-7-10(9)5-2/h4-6H,1-2,7H2,3H3. The lowest BCUT2D eigenvalue weighted by Gasteiger charge is -1.97. The number of hydrogen-bond donors (Lipinski definition) is 0. The third kappa shape index (κ3) is 1.78. The second kappa shape index (κ2) is 3.81. The van der Waals surface area contributed by atoms with Crippen LogP contribution < -0.4 is 0 Å². The molecule has 0 saturated carbocycles. The minimum atomic E-state index is 0.649. The third-order valence-electron chi connectivity index (χ3n) is 1.71. The van der Waals surface area contributed by atoms with Gasteiger partial charge in [-0.25, -0.2) is 4.99 Å². The highest BCUT2D eigenvalue weighted by molar-refractivity contribution is 5.96. The van der Waals surface area contributed by atoms with Crippen molar-refractivity contribution in [2.75, 3.05) is 6.54 Å². The van der Waals surface area contributed by atoms with Crippen molar-refractivity contribution in [1.82, 2.24) is 0 Å². The van der Waals surface area contributed by atoms with E-state index < -0.39 is 0 Å². The van der Waals surface area contributed by atoms with E-state index >= 15 is 0 Å². The minimum absolute atomic E-state index is 0.649. The third-order valence-corrected chi connectivity index (χ3v) is 1.71. The number of amidine groups is 1. The van der Waals surface area contributed by atoms with Gasteiger partial charge in [0.25, 0.3) is 0 Å². The van der Waals surface area contributed by atoms with Crippen molar-refractivity contribution in [3.05, 3.63) is 36.5 Å². The molecule has 0 aromatic rings. The van der Waals surface area contributed by atoms with Crippen LogP contribution in [-0.4, -0.2) is 18.6 Å². The predicted octanol–water partition coefficient (Wildman–Crippen LogP) is 2.16. The monoisotopic (exact) mass is 160 g/mol. The average molecular weight is 160 g/mol. The largest absolute Gasteiger partial charge is 0.266 e. The van der Waals surface area contributed by atoms with Crippen LogP contribution in [0.15, 0.2) is 46.4 Å². The van der Waals surface area contributed by atoms with Crippen molar-refractivity contribution in [2.45, 2.75) is 6.92 Å². The molecule has 1 aliphatic rings. The number of allylic oxidation sites excluding steroid dienone is 2. The number of hydrogen-bond acceptors (Lipinski definition) is 2. The minimum Gasteiger partial charge on any atom is -0.266 e. The molecule has 12 heavy (non-hydrogen) atoms. The Balaban J connectivity index is 3.05. The average Bonchev–Trinajstić information content (AvgIpc) is 2.27. The van der Waals surface area contributed by atoms with E-state index in [1.807, 2.05) is 6.92 Å². The van der Waals surface area contributed by atoms with Crippen molar-refractivity contribution in [3.63, 3.8) is 0 Å². The second-order valence-electron chi connectivity index (χ2n) is 2.51. The van der Waals surface area contributed by atoms with Gasteiger partial charge in [-0.2, -0.15) is 0 Å². The molecule has 0 radical (unpaired) electrons. The van der Waals surface area contributed by atoms with Crippen LogP contribution in [0.5, 0.6) is 0 Å². The molecular weight excluding hydrogens is 148 g/mol. The van der Waals surface area contributed by atoms with Crippen LogP contribution in [0.1, 0.15) is 6.92 Å². The molecule has 0 N–H and O–H groups in total. The van der Waals surface area contributed by atoms with Gasteiger partial charge in [-0.3, -0.25) is 4.99 Å². The van der Waals surface area contributed by atoms with Gasteiger partial charge in [0.2, 0.25) is 0 Å². The summed E-state index contributed by atoms with van der Waals surface area (Å²) in [6.45, 7) is 9.94. The molecule has 0 atom stereocenters. The first-order valence-corrected chi connectivity index (χ1v) is 3.81. The molecule has 2 heteroatoms. The molecule has 62 valence electrons. The smallest absolute Gasteiger partial charge is 0.120 e. The first-order chi connectivity index (χ1) is 5.77. The maximum Gasteiger partial charge on any atom is 0.120 e. The van der Waals surface area contributed by atoms with E-state index in [2.05, 4.69) is 23.1 Å². The van der Waals surface area contributed by atoms with E-state index in [1.165, 1.54) is 0 Å². The second-order valence-corrected chi connectivity index (χ2v) is 2.51. The van der Waals surface area contributed by atoms with Crippen molar-refractivity contribution in [1.29, 1.82) is 0 Å². The summed E-state index contributed by atoms with van der Waals surface area (Å²) in [5, 5.41) is 0. The summed E-state index contributed by atoms with van der Waals surface area (Å²) < 4.78 is 0. The van der Waals surface area contributed by atoms with Gasteiger partial charge in [0.05, 0.1) is 6.54 Å². The van der Waals surface area contributed by atoms with Crippen LogP contribution in [0.25, 0.3) is 0 Å². The summed E-state index contributed by atoms with van der Waals surface area (Å²) in [5.41, 5.74) is 2.08. The summed E-state index contributed by atoms with van der Waals surface area (Å²) in [4.78, 5) is 8.34. The molecule has 1 heterocycles. The zero-order valence-corrected chi connectivity index (χ0v) is 7.25. The summed E-state index contributed by atoms with van der Waals surface area (Å²) in [6, 6.07) is 0. The maximum absolute atomic E-state index is 4.22. The van der Waals surface area contributed by atoms with Crippen molar-refractivity contribution in [2.24, 2.45) is 9.98 Å². The molecule has 1 aliphatic heterocycles. The van der Waals surface area contributed by atoms with Gasteiger partial charge in [0.1, 0.15) is 5.84 Å². The molecular formula is C10H12N2. The van der Waals surface area contributed by atoms with E-state index in [1.54, 1.807) is 18.4 Å². The summed E-state index contributed by atoms with van der Waals surface area (Å²) >= 11 is 0. The van der Waals surface area contributed by atoms with Crippen molar-refractivity contribution < 1.29 is 0 Å². The van der Waals surface area contributed by atoms with E-state index in [-0.39, 0.29) is 0 Å². The van der Waals surface area contributed by atoms with Crippen LogP contribution in [0.2, 0.25) is 0 Å². The molecule has 0 aromatic heterocycles. The maximum atomic E-state index is 4.22. The van der Waals surface area contributed by atoms with Gasteiger partial charge in [-0.15, -0.1) is 0 Å². The lowest BCUT2D eigenvalue weighted by molar-refractivity contribution is 1.17. The van der Waals surface area contributed by atoms with Gasteiger partial charge in [-0.05, 0) is 18.1 Å². The van der Waals surface area contributed by atoms with Gasteiger partial charge < -0.3 is 0 Å². The van der Waals surface area contributed by atoms with E-state index in [9.17, 15) is 0 Å². The predicted molar refractivity (Wildman–Crippen MR) is 53.9 cm³/mol. The Morgan fingerprint density at radius 3 is 2.75 bits per heavy atom. The Morgan fingerprint density at radius 1 is 1.42 bits per heavy atom. The molecule has 2 nitrogen and oxygen atoms in total. The molecule has 1 rings (SSSR count). The molecule has 0 aliphatic carbocycles. The highest BCUT2D eigenvalue weighted by Crippen LogP contribution is 2.08. The number of nitrogens with zero attached hydrogens (tertiary/aromatic N) is 2. The highest BCUT2D eigenvalue weighted by Gasteiger charge is 2.01. The molecule has 0 saturated heterocycles. The Labute approximate surface area is 72.7 Å². The zero-order valence-electron chi connectivity index (χ0n) is 7.25. The molecule has 0 amide bonds. The molecule has 0 unspecified atom stereocenters. The van der Waals surface area contributed by atoms with Crippen LogP contribution in [0.4, 0.5) is 0 Å². The topological polar surface area (TPSA) is 24.7 Å². The van der Waals surface area contributed by atoms with E-state index in [0.717, 1.165) is 17.0 Å². The fourth-order valence-corrected chi connectivity index (χ4v) is 0.944. The summed E-state index contributed by atoms with van der Waals surface area (Å²) in [6.07, 6.45) is 5.34. The highest BCUT2D eigenvalue weighted by atomic mass is 14.9. The van der Waals surface area contributed by atoms with Gasteiger partial charge in [-0.1, -0.05) is 25.3 Å². The molecule has 0 bridgehead atoms. The van der Waals surface area contributed by atoms with Gasteiger partial charge >= 0.3 is 0 Å². The quantitative estimate of drug-likeness (QED) is 0.591. The van der Waals surface area contributed by atoms with Crippen LogP contribution in [0, 0.1) is 0 Å². The Bertz CT molecular complexity index is 293. The molecule has 0 fully saturated rings. The summed E-state index contributed by atoms with van der Waals surface area (Å²) in [5.74, 6) is 0.797. The SMILES string of the molecule is C=CC1=C(C=C)CN=C(C)N=C1. The van der Waals surface area contributed by atoms with Gasteiger partial charge in [0, 0.05) is 6.21 Å². The number of aliphatic imine (C=N–C) groups is 2. The lowest BCUT2D eigenvalue weighted by atomic mass is 10.1. The normalized spacial score (nSPS) is 16.9. The Hall–Kier alpha value is -1.44.